The van der Waals surface area contributed by atoms with Crippen LogP contribution in [0.25, 0.3) is 0 Å². The fourth-order valence-corrected chi connectivity index (χ4v) is 1.48. The number of hydrogen-bond donors (Lipinski definition) is 0. The minimum atomic E-state index is 0.406. The van der Waals surface area contributed by atoms with Crippen molar-refractivity contribution in [2.45, 2.75) is 6.42 Å². The third-order valence-electron chi connectivity index (χ3n) is 2.06. The molecule has 1 rings (SSSR count). The van der Waals surface area contributed by atoms with Crippen molar-refractivity contribution >= 4 is 17.8 Å². The quantitative estimate of drug-likeness (QED) is 0.441. The highest BCUT2D eigenvalue weighted by Crippen LogP contribution is 2.14. The lowest BCUT2D eigenvalue weighted by Gasteiger charge is -2.11. The van der Waals surface area contributed by atoms with Crippen LogP contribution in [0.4, 0.5) is 0 Å². The molecule has 86 valence electrons. The van der Waals surface area contributed by atoms with Crippen LogP contribution in [-0.4, -0.2) is 24.3 Å². The van der Waals surface area contributed by atoms with E-state index >= 15 is 0 Å². The molecule has 0 saturated heterocycles. The van der Waals surface area contributed by atoms with E-state index in [0.29, 0.717) is 19.5 Å². The molecular formula is C14H13ClN2. The van der Waals surface area contributed by atoms with Gasteiger partial charge in [-0.2, -0.15) is 5.10 Å². The molecule has 0 aromatic heterocycles. The van der Waals surface area contributed by atoms with Crippen LogP contribution in [0.15, 0.2) is 29.4 Å². The fraction of sp³-hybridized carbons (Fsp3) is 0.214. The van der Waals surface area contributed by atoms with Crippen LogP contribution in [0.5, 0.6) is 0 Å². The third-order valence-corrected chi connectivity index (χ3v) is 2.43. The molecule has 0 radical (unpaired) electrons. The molecule has 0 N–H and O–H groups in total. The Kier molecular flexibility index (Phi) is 5.72. The van der Waals surface area contributed by atoms with Crippen molar-refractivity contribution in [3.05, 3.63) is 34.9 Å². The van der Waals surface area contributed by atoms with Crippen LogP contribution < -0.4 is 0 Å². The molecule has 0 atom stereocenters. The maximum absolute atomic E-state index is 6.02. The van der Waals surface area contributed by atoms with Gasteiger partial charge in [0.05, 0.1) is 13.1 Å². The van der Waals surface area contributed by atoms with Crippen molar-refractivity contribution in [3.63, 3.8) is 0 Å². The van der Waals surface area contributed by atoms with Crippen LogP contribution in [0.2, 0.25) is 5.02 Å². The van der Waals surface area contributed by atoms with E-state index in [1.807, 2.05) is 24.3 Å². The summed E-state index contributed by atoms with van der Waals surface area (Å²) in [7, 11) is 0. The summed E-state index contributed by atoms with van der Waals surface area (Å²) in [5.41, 5.74) is 1.03. The summed E-state index contributed by atoms with van der Waals surface area (Å²) in [6, 6.07) is 7.65. The smallest absolute Gasteiger partial charge is 0.0976 e. The first-order valence-electron chi connectivity index (χ1n) is 5.15. The number of nitrogens with zero attached hydrogens (tertiary/aromatic N) is 2. The molecule has 0 spiro atoms. The van der Waals surface area contributed by atoms with E-state index in [-0.39, 0.29) is 0 Å². The molecule has 1 aromatic carbocycles. The maximum Gasteiger partial charge on any atom is 0.0976 e. The van der Waals surface area contributed by atoms with E-state index < -0.39 is 0 Å². The number of halogens is 1. The van der Waals surface area contributed by atoms with Gasteiger partial charge in [-0.1, -0.05) is 41.6 Å². The van der Waals surface area contributed by atoms with Crippen LogP contribution in [-0.2, 0) is 6.42 Å². The van der Waals surface area contributed by atoms with E-state index in [9.17, 15) is 0 Å². The molecule has 0 unspecified atom stereocenters. The summed E-state index contributed by atoms with van der Waals surface area (Å²) >= 11 is 6.02. The molecule has 0 fully saturated rings. The largest absolute Gasteiger partial charge is 0.273 e. The Balaban J connectivity index is 2.57. The molecule has 0 saturated carbocycles. The molecule has 0 aliphatic rings. The topological polar surface area (TPSA) is 15.6 Å². The normalized spacial score (nSPS) is 9.82. The molecule has 0 heterocycles. The minimum Gasteiger partial charge on any atom is -0.273 e. The van der Waals surface area contributed by atoms with Gasteiger partial charge in [-0.25, -0.2) is 0 Å². The molecule has 3 heteroatoms. The van der Waals surface area contributed by atoms with Crippen LogP contribution in [0.1, 0.15) is 5.56 Å². The van der Waals surface area contributed by atoms with Gasteiger partial charge in [-0.3, -0.25) is 5.01 Å². The zero-order valence-electron chi connectivity index (χ0n) is 9.44. The number of terminal acetylenes is 2. The van der Waals surface area contributed by atoms with E-state index in [0.717, 1.165) is 10.6 Å². The van der Waals surface area contributed by atoms with E-state index in [1.54, 1.807) is 11.2 Å². The van der Waals surface area contributed by atoms with Gasteiger partial charge in [0.15, 0.2) is 0 Å². The van der Waals surface area contributed by atoms with Crippen molar-refractivity contribution < 1.29 is 0 Å². The van der Waals surface area contributed by atoms with Crippen molar-refractivity contribution in [3.8, 4) is 24.7 Å². The highest BCUT2D eigenvalue weighted by molar-refractivity contribution is 6.31. The first-order chi connectivity index (χ1) is 8.27. The first kappa shape index (κ1) is 13.2. The summed E-state index contributed by atoms with van der Waals surface area (Å²) in [4.78, 5) is 0. The predicted molar refractivity (Wildman–Crippen MR) is 72.9 cm³/mol. The second-order valence-electron chi connectivity index (χ2n) is 3.32. The van der Waals surface area contributed by atoms with E-state index in [4.69, 9.17) is 24.4 Å². The predicted octanol–water partition coefficient (Wildman–Crippen LogP) is 2.44. The lowest BCUT2D eigenvalue weighted by molar-refractivity contribution is 0.368. The van der Waals surface area contributed by atoms with Crippen molar-refractivity contribution in [1.29, 1.82) is 0 Å². The van der Waals surface area contributed by atoms with Gasteiger partial charge < -0.3 is 0 Å². The van der Waals surface area contributed by atoms with Gasteiger partial charge in [0.1, 0.15) is 0 Å². The number of hydrogen-bond acceptors (Lipinski definition) is 2. The first-order valence-corrected chi connectivity index (χ1v) is 5.53. The van der Waals surface area contributed by atoms with Gasteiger partial charge in [-0.05, 0) is 11.6 Å². The summed E-state index contributed by atoms with van der Waals surface area (Å²) in [6.45, 7) is 0.812. The van der Waals surface area contributed by atoms with Crippen LogP contribution >= 0.6 is 11.6 Å². The molecule has 0 bridgehead atoms. The van der Waals surface area contributed by atoms with Gasteiger partial charge in [-0.15, -0.1) is 12.8 Å². The Labute approximate surface area is 107 Å². The fourth-order valence-electron chi connectivity index (χ4n) is 1.27. The molecule has 0 amide bonds. The van der Waals surface area contributed by atoms with E-state index in [2.05, 4.69) is 16.9 Å². The average Bonchev–Trinajstić information content (AvgIpc) is 2.32. The van der Waals surface area contributed by atoms with Crippen molar-refractivity contribution in [1.82, 2.24) is 5.01 Å². The van der Waals surface area contributed by atoms with Crippen molar-refractivity contribution in [2.24, 2.45) is 5.10 Å². The van der Waals surface area contributed by atoms with Crippen molar-refractivity contribution in [2.75, 3.05) is 13.1 Å². The Morgan fingerprint density at radius 2 is 1.88 bits per heavy atom. The number of rotatable bonds is 5. The lowest BCUT2D eigenvalue weighted by Crippen LogP contribution is -2.18. The number of benzene rings is 1. The number of hydrazone groups is 1. The third kappa shape index (κ3) is 4.64. The highest BCUT2D eigenvalue weighted by Gasteiger charge is 1.97. The minimum absolute atomic E-state index is 0.406. The molecule has 17 heavy (non-hydrogen) atoms. The van der Waals surface area contributed by atoms with Crippen LogP contribution in [0, 0.1) is 24.7 Å². The highest BCUT2D eigenvalue weighted by atomic mass is 35.5. The Bertz CT molecular complexity index is 450. The molecule has 0 aliphatic heterocycles. The maximum atomic E-state index is 6.02. The molecule has 2 nitrogen and oxygen atoms in total. The van der Waals surface area contributed by atoms with Gasteiger partial charge >= 0.3 is 0 Å². The monoisotopic (exact) mass is 244 g/mol. The standard InChI is InChI=1S/C14H13ClN2/c1-3-11-17(12-4-2)16-10-9-13-7-5-6-8-14(13)15/h1-2,5-8,10H,9,11-12H2/b16-10+. The summed E-state index contributed by atoms with van der Waals surface area (Å²) in [5, 5.41) is 6.59. The summed E-state index contributed by atoms with van der Waals surface area (Å²) < 4.78 is 0. The summed E-state index contributed by atoms with van der Waals surface area (Å²) in [6.07, 6.45) is 12.8. The zero-order valence-corrected chi connectivity index (χ0v) is 10.2. The van der Waals surface area contributed by atoms with E-state index in [1.165, 1.54) is 0 Å². The second-order valence-corrected chi connectivity index (χ2v) is 3.73. The van der Waals surface area contributed by atoms with Gasteiger partial charge in [0.2, 0.25) is 0 Å². The van der Waals surface area contributed by atoms with Gasteiger partial charge in [0.25, 0.3) is 0 Å². The van der Waals surface area contributed by atoms with Crippen LogP contribution in [0.3, 0.4) is 0 Å². The molecule has 1 aromatic rings. The Morgan fingerprint density at radius 3 is 2.47 bits per heavy atom. The molecular weight excluding hydrogens is 232 g/mol. The Morgan fingerprint density at radius 1 is 1.24 bits per heavy atom. The SMILES string of the molecule is C#CCN(CC#C)/N=C/Cc1ccccc1Cl. The molecule has 0 aliphatic carbocycles. The lowest BCUT2D eigenvalue weighted by atomic mass is 10.2. The van der Waals surface area contributed by atoms with Gasteiger partial charge in [0, 0.05) is 17.7 Å². The summed E-state index contributed by atoms with van der Waals surface area (Å²) in [5.74, 6) is 5.01. The second kappa shape index (κ2) is 7.39. The average molecular weight is 245 g/mol. The zero-order chi connectivity index (χ0) is 12.5. The Hall–Kier alpha value is -1.90.